The standard InChI is InChI=1S/C7H15NO2/c1-5-6(9)3-8(2)4-7(5)10/h5-7,9-10H,3-4H2,1-2H3. The van der Waals surface area contributed by atoms with Gasteiger partial charge in [-0.1, -0.05) is 6.92 Å². The van der Waals surface area contributed by atoms with Gasteiger partial charge in [0.1, 0.15) is 0 Å². The fourth-order valence-corrected chi connectivity index (χ4v) is 1.30. The van der Waals surface area contributed by atoms with Gasteiger partial charge in [0.15, 0.2) is 0 Å². The van der Waals surface area contributed by atoms with Gasteiger partial charge in [-0.25, -0.2) is 0 Å². The molecule has 1 fully saturated rings. The zero-order valence-corrected chi connectivity index (χ0v) is 6.49. The highest BCUT2D eigenvalue weighted by atomic mass is 16.3. The van der Waals surface area contributed by atoms with Gasteiger partial charge < -0.3 is 15.1 Å². The van der Waals surface area contributed by atoms with Gasteiger partial charge in [0.25, 0.3) is 0 Å². The molecular formula is C7H15NO2. The Kier molecular flexibility index (Phi) is 2.28. The number of piperidine rings is 1. The van der Waals surface area contributed by atoms with Crippen LogP contribution in [0.15, 0.2) is 0 Å². The van der Waals surface area contributed by atoms with E-state index in [1.54, 1.807) is 0 Å². The van der Waals surface area contributed by atoms with Gasteiger partial charge in [-0.2, -0.15) is 0 Å². The van der Waals surface area contributed by atoms with E-state index in [9.17, 15) is 10.2 Å². The monoisotopic (exact) mass is 145 g/mol. The summed E-state index contributed by atoms with van der Waals surface area (Å²) in [7, 11) is 1.90. The maximum absolute atomic E-state index is 9.32. The fraction of sp³-hybridized carbons (Fsp3) is 1.00. The Morgan fingerprint density at radius 2 is 1.60 bits per heavy atom. The largest absolute Gasteiger partial charge is 0.391 e. The third kappa shape index (κ3) is 1.48. The highest BCUT2D eigenvalue weighted by molar-refractivity contribution is 4.81. The Hall–Kier alpha value is -0.120. The highest BCUT2D eigenvalue weighted by Crippen LogP contribution is 2.15. The van der Waals surface area contributed by atoms with Gasteiger partial charge in [-0.15, -0.1) is 0 Å². The van der Waals surface area contributed by atoms with E-state index in [4.69, 9.17) is 0 Å². The lowest BCUT2D eigenvalue weighted by Gasteiger charge is -2.35. The van der Waals surface area contributed by atoms with E-state index in [1.807, 2.05) is 18.9 Å². The Morgan fingerprint density at radius 1 is 1.20 bits per heavy atom. The van der Waals surface area contributed by atoms with Crippen molar-refractivity contribution in [1.82, 2.24) is 4.90 Å². The number of likely N-dealkylation sites (tertiary alicyclic amines) is 1. The van der Waals surface area contributed by atoms with E-state index in [0.717, 1.165) is 0 Å². The molecule has 1 aliphatic rings. The minimum atomic E-state index is -0.367. The molecule has 0 saturated carbocycles. The van der Waals surface area contributed by atoms with E-state index in [2.05, 4.69) is 0 Å². The molecule has 0 aromatic carbocycles. The summed E-state index contributed by atoms with van der Waals surface area (Å²) in [5.74, 6) is 0.0243. The van der Waals surface area contributed by atoms with Gasteiger partial charge in [-0.3, -0.25) is 0 Å². The second-order valence-electron chi connectivity index (χ2n) is 3.22. The van der Waals surface area contributed by atoms with Crippen LogP contribution in [0, 0.1) is 5.92 Å². The number of β-amino-alcohol motifs (C(OH)–C–C–N with tert-alkyl or cyclic N) is 2. The van der Waals surface area contributed by atoms with Crippen molar-refractivity contribution in [2.45, 2.75) is 19.1 Å². The van der Waals surface area contributed by atoms with Gasteiger partial charge in [0.05, 0.1) is 12.2 Å². The van der Waals surface area contributed by atoms with Gasteiger partial charge in [0, 0.05) is 19.0 Å². The van der Waals surface area contributed by atoms with Crippen LogP contribution in [-0.4, -0.2) is 47.5 Å². The van der Waals surface area contributed by atoms with Crippen LogP contribution < -0.4 is 0 Å². The molecule has 2 atom stereocenters. The lowest BCUT2D eigenvalue weighted by molar-refractivity contribution is -0.0453. The molecule has 3 heteroatoms. The van der Waals surface area contributed by atoms with Gasteiger partial charge in [0.2, 0.25) is 0 Å². The molecule has 0 spiro atoms. The quantitative estimate of drug-likeness (QED) is 0.473. The molecule has 1 saturated heterocycles. The molecule has 10 heavy (non-hydrogen) atoms. The molecule has 1 heterocycles. The Morgan fingerprint density at radius 3 is 2.00 bits per heavy atom. The van der Waals surface area contributed by atoms with Crippen LogP contribution in [0.1, 0.15) is 6.92 Å². The Balaban J connectivity index is 2.49. The van der Waals surface area contributed by atoms with Crippen LogP contribution in [0.2, 0.25) is 0 Å². The molecular weight excluding hydrogens is 130 g/mol. The van der Waals surface area contributed by atoms with Gasteiger partial charge >= 0.3 is 0 Å². The molecule has 2 N–H and O–H groups in total. The second kappa shape index (κ2) is 2.86. The number of aliphatic hydroxyl groups excluding tert-OH is 2. The minimum Gasteiger partial charge on any atom is -0.391 e. The summed E-state index contributed by atoms with van der Waals surface area (Å²) in [6.45, 7) is 3.23. The average molecular weight is 145 g/mol. The Bertz CT molecular complexity index is 106. The number of aliphatic hydroxyl groups is 2. The maximum atomic E-state index is 9.32. The SMILES string of the molecule is CC1C(O)CN(C)CC1O. The molecule has 3 nitrogen and oxygen atoms in total. The van der Waals surface area contributed by atoms with Crippen LogP contribution in [0.5, 0.6) is 0 Å². The number of rotatable bonds is 0. The number of nitrogens with zero attached hydrogens (tertiary/aromatic N) is 1. The van der Waals surface area contributed by atoms with Crippen molar-refractivity contribution in [3.8, 4) is 0 Å². The predicted octanol–water partition coefficient (Wildman–Crippen LogP) is -0.710. The van der Waals surface area contributed by atoms with E-state index in [1.165, 1.54) is 0 Å². The van der Waals surface area contributed by atoms with Crippen LogP contribution in [0.4, 0.5) is 0 Å². The summed E-state index contributed by atoms with van der Waals surface area (Å²) in [6.07, 6.45) is -0.734. The van der Waals surface area contributed by atoms with Crippen molar-refractivity contribution in [3.05, 3.63) is 0 Å². The molecule has 0 radical (unpaired) electrons. The normalized spacial score (nSPS) is 43.8. The van der Waals surface area contributed by atoms with E-state index < -0.39 is 0 Å². The topological polar surface area (TPSA) is 43.7 Å². The Labute approximate surface area is 61.3 Å². The lowest BCUT2D eigenvalue weighted by Crippen LogP contribution is -2.49. The molecule has 2 unspecified atom stereocenters. The zero-order chi connectivity index (χ0) is 7.72. The molecule has 0 aliphatic carbocycles. The first kappa shape index (κ1) is 7.98. The van der Waals surface area contributed by atoms with Crippen LogP contribution in [0.3, 0.4) is 0 Å². The summed E-state index contributed by atoms with van der Waals surface area (Å²) in [5, 5.41) is 18.6. The average Bonchev–Trinajstić information content (AvgIpc) is 1.82. The molecule has 0 amide bonds. The number of hydrogen-bond donors (Lipinski definition) is 2. The maximum Gasteiger partial charge on any atom is 0.0717 e. The number of hydrogen-bond acceptors (Lipinski definition) is 3. The molecule has 1 aliphatic heterocycles. The minimum absolute atomic E-state index is 0.0243. The molecule has 60 valence electrons. The van der Waals surface area contributed by atoms with Gasteiger partial charge in [-0.05, 0) is 7.05 Å². The molecule has 1 rings (SSSR count). The molecule has 0 aromatic heterocycles. The lowest BCUT2D eigenvalue weighted by atomic mass is 9.94. The molecule has 0 bridgehead atoms. The highest BCUT2D eigenvalue weighted by Gasteiger charge is 2.29. The second-order valence-corrected chi connectivity index (χ2v) is 3.22. The van der Waals surface area contributed by atoms with Crippen LogP contribution in [-0.2, 0) is 0 Å². The predicted molar refractivity (Wildman–Crippen MR) is 38.7 cm³/mol. The third-order valence-electron chi connectivity index (χ3n) is 2.21. The summed E-state index contributed by atoms with van der Waals surface area (Å²) in [5.41, 5.74) is 0. The smallest absolute Gasteiger partial charge is 0.0717 e. The summed E-state index contributed by atoms with van der Waals surface area (Å²) >= 11 is 0. The van der Waals surface area contributed by atoms with Crippen LogP contribution in [0.25, 0.3) is 0 Å². The van der Waals surface area contributed by atoms with Crippen molar-refractivity contribution in [3.63, 3.8) is 0 Å². The first-order valence-electron chi connectivity index (χ1n) is 3.66. The first-order valence-corrected chi connectivity index (χ1v) is 3.66. The third-order valence-corrected chi connectivity index (χ3v) is 2.21. The van der Waals surface area contributed by atoms with Crippen LogP contribution >= 0.6 is 0 Å². The zero-order valence-electron chi connectivity index (χ0n) is 6.49. The molecule has 0 aromatic rings. The van der Waals surface area contributed by atoms with Crippen molar-refractivity contribution < 1.29 is 10.2 Å². The fourth-order valence-electron chi connectivity index (χ4n) is 1.30. The van der Waals surface area contributed by atoms with E-state index in [0.29, 0.717) is 13.1 Å². The van der Waals surface area contributed by atoms with Crippen molar-refractivity contribution in [2.24, 2.45) is 5.92 Å². The summed E-state index contributed by atoms with van der Waals surface area (Å²) in [4.78, 5) is 1.94. The summed E-state index contributed by atoms with van der Waals surface area (Å²) in [6, 6.07) is 0. The first-order chi connectivity index (χ1) is 4.61. The van der Waals surface area contributed by atoms with E-state index in [-0.39, 0.29) is 18.1 Å². The van der Waals surface area contributed by atoms with Crippen molar-refractivity contribution in [2.75, 3.05) is 20.1 Å². The number of likely N-dealkylation sites (N-methyl/N-ethyl adjacent to an activating group) is 1. The van der Waals surface area contributed by atoms with Crippen molar-refractivity contribution in [1.29, 1.82) is 0 Å². The van der Waals surface area contributed by atoms with Crippen molar-refractivity contribution >= 4 is 0 Å². The van der Waals surface area contributed by atoms with E-state index >= 15 is 0 Å². The summed E-state index contributed by atoms with van der Waals surface area (Å²) < 4.78 is 0.